The average molecular weight is 284 g/mol. The summed E-state index contributed by atoms with van der Waals surface area (Å²) in [6.07, 6.45) is 3.15. The largest absolute Gasteiger partial charge is 0.472 e. The van der Waals surface area contributed by atoms with E-state index in [0.29, 0.717) is 5.57 Å². The Morgan fingerprint density at radius 3 is 2.45 bits per heavy atom. The Morgan fingerprint density at radius 1 is 0.955 bits per heavy atom. The Hall–Kier alpha value is -3.30. The van der Waals surface area contributed by atoms with E-state index in [1.807, 2.05) is 61.5 Å². The molecule has 3 heteroatoms. The first-order valence-electron chi connectivity index (χ1n) is 6.82. The van der Waals surface area contributed by atoms with Gasteiger partial charge in [0.25, 0.3) is 0 Å². The molecule has 3 nitrogen and oxygen atoms in total. The maximum Gasteiger partial charge on any atom is 0.137 e. The van der Waals surface area contributed by atoms with Crippen molar-refractivity contribution in [1.82, 2.24) is 0 Å². The summed E-state index contributed by atoms with van der Waals surface area (Å²) in [5.74, 6) is 0. The van der Waals surface area contributed by atoms with Crippen molar-refractivity contribution in [3.63, 3.8) is 0 Å². The van der Waals surface area contributed by atoms with Gasteiger partial charge >= 0.3 is 0 Å². The minimum atomic E-state index is 0.0937. The van der Waals surface area contributed by atoms with Gasteiger partial charge in [-0.25, -0.2) is 0 Å². The zero-order valence-electron chi connectivity index (χ0n) is 12.0. The van der Waals surface area contributed by atoms with Crippen molar-refractivity contribution in [1.29, 1.82) is 10.5 Å². The van der Waals surface area contributed by atoms with Gasteiger partial charge in [-0.1, -0.05) is 42.5 Å². The summed E-state index contributed by atoms with van der Waals surface area (Å²) in [5.41, 5.74) is 3.20. The highest BCUT2D eigenvalue weighted by atomic mass is 16.5. The van der Waals surface area contributed by atoms with Crippen LogP contribution in [0.15, 0.2) is 71.7 Å². The molecule has 1 heterocycles. The van der Waals surface area contributed by atoms with E-state index in [4.69, 9.17) is 4.74 Å². The fourth-order valence-corrected chi connectivity index (χ4v) is 2.66. The molecular formula is C19H12N2O. The number of allylic oxidation sites excluding steroid dienone is 4. The van der Waals surface area contributed by atoms with E-state index in [0.717, 1.165) is 27.5 Å². The van der Waals surface area contributed by atoms with Gasteiger partial charge in [-0.05, 0) is 28.8 Å². The summed E-state index contributed by atoms with van der Waals surface area (Å²) < 4.78 is 5.39. The van der Waals surface area contributed by atoms with E-state index in [2.05, 4.69) is 0 Å². The summed E-state index contributed by atoms with van der Waals surface area (Å²) >= 11 is 0. The molecule has 2 aromatic rings. The molecule has 2 aromatic carbocycles. The van der Waals surface area contributed by atoms with Crippen LogP contribution in [0.1, 0.15) is 12.5 Å². The lowest BCUT2D eigenvalue weighted by Crippen LogP contribution is -2.02. The minimum absolute atomic E-state index is 0.0937. The number of hydrogen-bond donors (Lipinski definition) is 0. The third kappa shape index (κ3) is 2.16. The molecular weight excluding hydrogens is 272 g/mol. The molecule has 0 aromatic heterocycles. The predicted molar refractivity (Wildman–Crippen MR) is 85.0 cm³/mol. The van der Waals surface area contributed by atoms with Crippen LogP contribution >= 0.6 is 0 Å². The van der Waals surface area contributed by atoms with Crippen molar-refractivity contribution in [3.8, 4) is 12.1 Å². The monoisotopic (exact) mass is 284 g/mol. The van der Waals surface area contributed by atoms with Crippen molar-refractivity contribution in [2.24, 2.45) is 0 Å². The number of nitriles is 2. The third-order valence-corrected chi connectivity index (χ3v) is 3.65. The van der Waals surface area contributed by atoms with Gasteiger partial charge in [-0.15, -0.1) is 0 Å². The Balaban J connectivity index is 2.31. The van der Waals surface area contributed by atoms with Crippen LogP contribution in [0.25, 0.3) is 16.3 Å². The molecule has 3 rings (SSSR count). The highest BCUT2D eigenvalue weighted by molar-refractivity contribution is 5.99. The number of ether oxygens (including phenoxy) is 1. The van der Waals surface area contributed by atoms with E-state index in [1.165, 1.54) is 0 Å². The molecule has 0 aliphatic carbocycles. The van der Waals surface area contributed by atoms with Crippen LogP contribution in [0.5, 0.6) is 0 Å². The second kappa shape index (κ2) is 5.60. The second-order valence-corrected chi connectivity index (χ2v) is 4.97. The maximum atomic E-state index is 9.25. The highest BCUT2D eigenvalue weighted by Gasteiger charge is 2.20. The summed E-state index contributed by atoms with van der Waals surface area (Å²) in [7, 11) is 0. The van der Waals surface area contributed by atoms with Gasteiger partial charge < -0.3 is 4.74 Å². The lowest BCUT2D eigenvalue weighted by molar-refractivity contribution is 0.396. The molecule has 0 atom stereocenters. The van der Waals surface area contributed by atoms with E-state index in [1.54, 1.807) is 12.5 Å². The van der Waals surface area contributed by atoms with Crippen LogP contribution < -0.4 is 0 Å². The molecule has 0 spiro atoms. The van der Waals surface area contributed by atoms with Gasteiger partial charge in [0.05, 0.1) is 12.5 Å². The second-order valence-electron chi connectivity index (χ2n) is 4.97. The zero-order valence-corrected chi connectivity index (χ0v) is 12.0. The molecule has 0 N–H and O–H groups in total. The first kappa shape index (κ1) is 13.7. The number of benzene rings is 2. The highest BCUT2D eigenvalue weighted by Crippen LogP contribution is 2.37. The summed E-state index contributed by atoms with van der Waals surface area (Å²) in [5, 5.41) is 20.7. The van der Waals surface area contributed by atoms with Gasteiger partial charge in [0, 0.05) is 11.1 Å². The quantitative estimate of drug-likeness (QED) is 0.726. The van der Waals surface area contributed by atoms with E-state index in [9.17, 15) is 10.5 Å². The Kier molecular flexibility index (Phi) is 3.48. The molecule has 1 aliphatic heterocycles. The Bertz CT molecular complexity index is 913. The number of fused-ring (bicyclic) bond motifs is 1. The first-order chi connectivity index (χ1) is 10.8. The van der Waals surface area contributed by atoms with Crippen molar-refractivity contribution in [3.05, 3.63) is 77.3 Å². The number of rotatable bonds is 1. The van der Waals surface area contributed by atoms with Gasteiger partial charge in [-0.2, -0.15) is 10.5 Å². The van der Waals surface area contributed by atoms with Crippen LogP contribution in [0.2, 0.25) is 0 Å². The Labute approximate surface area is 128 Å². The molecule has 0 saturated heterocycles. The lowest BCUT2D eigenvalue weighted by Gasteiger charge is -2.18. The van der Waals surface area contributed by atoms with Crippen LogP contribution in [0.3, 0.4) is 0 Å². The molecule has 0 amide bonds. The first-order valence-corrected chi connectivity index (χ1v) is 6.82. The van der Waals surface area contributed by atoms with Gasteiger partial charge in [-0.3, -0.25) is 0 Å². The number of nitrogens with zero attached hydrogens (tertiary/aromatic N) is 2. The molecule has 0 fully saturated rings. The van der Waals surface area contributed by atoms with E-state index in [-0.39, 0.29) is 5.57 Å². The standard InChI is InChI=1S/C19H12N2O/c1-13-11-22-12-18(19(13)15(9-20)10-21)17-8-4-6-14-5-2-3-7-16(14)17/h2-8,11-12H,1H3. The van der Waals surface area contributed by atoms with Crippen LogP contribution in [0, 0.1) is 22.7 Å². The average Bonchev–Trinajstić information content (AvgIpc) is 2.57. The van der Waals surface area contributed by atoms with Crippen molar-refractivity contribution < 1.29 is 4.74 Å². The zero-order chi connectivity index (χ0) is 15.5. The SMILES string of the molecule is CC1=COC=C(c2cccc3ccccc23)C1=C(C#N)C#N. The fraction of sp³-hybridized carbons (Fsp3) is 0.0526. The molecule has 104 valence electrons. The summed E-state index contributed by atoms with van der Waals surface area (Å²) in [6, 6.07) is 17.9. The van der Waals surface area contributed by atoms with Crippen LogP contribution in [-0.4, -0.2) is 0 Å². The Morgan fingerprint density at radius 2 is 1.68 bits per heavy atom. The van der Waals surface area contributed by atoms with E-state index < -0.39 is 0 Å². The van der Waals surface area contributed by atoms with Gasteiger partial charge in [0.1, 0.15) is 17.7 Å². The van der Waals surface area contributed by atoms with Gasteiger partial charge in [0.2, 0.25) is 0 Å². The van der Waals surface area contributed by atoms with Crippen molar-refractivity contribution >= 4 is 16.3 Å². The van der Waals surface area contributed by atoms with Crippen LogP contribution in [-0.2, 0) is 4.74 Å². The minimum Gasteiger partial charge on any atom is -0.472 e. The van der Waals surface area contributed by atoms with Crippen molar-refractivity contribution in [2.75, 3.05) is 0 Å². The predicted octanol–water partition coefficient (Wildman–Crippen LogP) is 4.46. The summed E-state index contributed by atoms with van der Waals surface area (Å²) in [4.78, 5) is 0. The van der Waals surface area contributed by atoms with Crippen LogP contribution in [0.4, 0.5) is 0 Å². The molecule has 0 unspecified atom stereocenters. The molecule has 0 bridgehead atoms. The topological polar surface area (TPSA) is 56.8 Å². The smallest absolute Gasteiger partial charge is 0.137 e. The summed E-state index contributed by atoms with van der Waals surface area (Å²) in [6.45, 7) is 1.84. The third-order valence-electron chi connectivity index (χ3n) is 3.65. The molecule has 0 saturated carbocycles. The molecule has 22 heavy (non-hydrogen) atoms. The fourth-order valence-electron chi connectivity index (χ4n) is 2.66. The van der Waals surface area contributed by atoms with Crippen molar-refractivity contribution in [2.45, 2.75) is 6.92 Å². The molecule has 1 aliphatic rings. The molecule has 0 radical (unpaired) electrons. The maximum absolute atomic E-state index is 9.25. The van der Waals surface area contributed by atoms with E-state index >= 15 is 0 Å². The normalized spacial score (nSPS) is 13.5. The van der Waals surface area contributed by atoms with Gasteiger partial charge in [0.15, 0.2) is 0 Å². The lowest BCUT2D eigenvalue weighted by atomic mass is 9.87. The number of hydrogen-bond acceptors (Lipinski definition) is 3.